The van der Waals surface area contributed by atoms with Gasteiger partial charge >= 0.3 is 0 Å². The van der Waals surface area contributed by atoms with Crippen LogP contribution in [0.4, 0.5) is 0 Å². The zero-order valence-electron chi connectivity index (χ0n) is 16.7. The Morgan fingerprint density at radius 2 is 1.74 bits per heavy atom. The third kappa shape index (κ3) is 6.13. The highest BCUT2D eigenvalue weighted by Gasteiger charge is 2.23. The zero-order chi connectivity index (χ0) is 19.1. The molecule has 0 aromatic carbocycles. The lowest BCUT2D eigenvalue weighted by Crippen LogP contribution is -2.39. The van der Waals surface area contributed by atoms with Gasteiger partial charge in [-0.25, -0.2) is 4.68 Å². The van der Waals surface area contributed by atoms with Crippen LogP contribution in [0.25, 0.3) is 0 Å². The summed E-state index contributed by atoms with van der Waals surface area (Å²) in [6.45, 7) is 1.92. The largest absolute Gasteiger partial charge is 0.352 e. The molecule has 0 aliphatic heterocycles. The molecule has 27 heavy (non-hydrogen) atoms. The molecule has 0 spiro atoms. The molecule has 2 fully saturated rings. The molecule has 1 aromatic heterocycles. The fourth-order valence-corrected chi connectivity index (χ4v) is 5.12. The van der Waals surface area contributed by atoms with Gasteiger partial charge in [0, 0.05) is 12.5 Å². The van der Waals surface area contributed by atoms with E-state index in [-0.39, 0.29) is 11.2 Å². The van der Waals surface area contributed by atoms with Crippen LogP contribution in [0.1, 0.15) is 89.8 Å². The van der Waals surface area contributed by atoms with Crippen LogP contribution in [0, 0.1) is 5.92 Å². The van der Waals surface area contributed by atoms with Crippen molar-refractivity contribution in [3.05, 3.63) is 5.82 Å². The number of aryl methyl sites for hydroxylation is 1. The highest BCUT2D eigenvalue weighted by molar-refractivity contribution is 8.00. The monoisotopic (exact) mass is 393 g/mol. The summed E-state index contributed by atoms with van der Waals surface area (Å²) in [5.74, 6) is 7.93. The molecule has 6 nitrogen and oxygen atoms in total. The summed E-state index contributed by atoms with van der Waals surface area (Å²) in [5.41, 5.74) is 0. The van der Waals surface area contributed by atoms with E-state index in [0.717, 1.165) is 37.4 Å². The minimum absolute atomic E-state index is 0.0821. The van der Waals surface area contributed by atoms with Crippen molar-refractivity contribution < 1.29 is 4.79 Å². The number of carbonyl (C=O) groups excluding carboxylic acids is 1. The van der Waals surface area contributed by atoms with Gasteiger partial charge in [0.05, 0.1) is 5.25 Å². The van der Waals surface area contributed by atoms with E-state index >= 15 is 0 Å². The highest BCUT2D eigenvalue weighted by Crippen LogP contribution is 2.28. The van der Waals surface area contributed by atoms with Gasteiger partial charge in [-0.1, -0.05) is 69.5 Å². The fourth-order valence-electron chi connectivity index (χ4n) is 4.32. The average Bonchev–Trinajstić information content (AvgIpc) is 2.87. The fraction of sp³-hybridized carbons (Fsp3) is 0.850. The number of nitrogens with one attached hydrogen (secondary N) is 1. The second kappa shape index (κ2) is 10.3. The Hall–Kier alpha value is -1.24. The van der Waals surface area contributed by atoms with Gasteiger partial charge in [0.25, 0.3) is 0 Å². The van der Waals surface area contributed by atoms with Crippen LogP contribution < -0.4 is 11.2 Å². The van der Waals surface area contributed by atoms with Gasteiger partial charge in [0.2, 0.25) is 11.1 Å². The Morgan fingerprint density at radius 3 is 2.44 bits per heavy atom. The Bertz CT molecular complexity index is 591. The number of nitrogens with two attached hydrogens (primary N) is 1. The molecule has 1 amide bonds. The summed E-state index contributed by atoms with van der Waals surface area (Å²) in [6.07, 6.45) is 16.0. The maximum absolute atomic E-state index is 12.5. The molecule has 7 heteroatoms. The maximum Gasteiger partial charge on any atom is 0.233 e. The molecular weight excluding hydrogens is 358 g/mol. The van der Waals surface area contributed by atoms with Crippen LogP contribution in [0.3, 0.4) is 0 Å². The summed E-state index contributed by atoms with van der Waals surface area (Å²) in [4.78, 5) is 12.5. The van der Waals surface area contributed by atoms with Gasteiger partial charge in [-0.05, 0) is 32.1 Å². The first-order chi connectivity index (χ1) is 13.1. The average molecular weight is 394 g/mol. The minimum atomic E-state index is -0.217. The lowest BCUT2D eigenvalue weighted by molar-refractivity contribution is -0.121. The van der Waals surface area contributed by atoms with Crippen LogP contribution in [-0.2, 0) is 11.2 Å². The molecule has 3 N–H and O–H groups in total. The second-order valence-corrected chi connectivity index (χ2v) is 9.58. The van der Waals surface area contributed by atoms with Gasteiger partial charge in [-0.3, -0.25) is 4.79 Å². The molecule has 0 radical (unpaired) electrons. The predicted octanol–water partition coefficient (Wildman–Crippen LogP) is 3.82. The summed E-state index contributed by atoms with van der Waals surface area (Å²) >= 11 is 1.41. The summed E-state index contributed by atoms with van der Waals surface area (Å²) in [5, 5.41) is 12.1. The molecule has 152 valence electrons. The minimum Gasteiger partial charge on any atom is -0.352 e. The third-order valence-electron chi connectivity index (χ3n) is 6.09. The van der Waals surface area contributed by atoms with Crippen molar-refractivity contribution in [1.82, 2.24) is 20.2 Å². The van der Waals surface area contributed by atoms with Gasteiger partial charge in [-0.15, -0.1) is 10.2 Å². The first-order valence-corrected chi connectivity index (χ1v) is 11.7. The van der Waals surface area contributed by atoms with E-state index in [9.17, 15) is 4.79 Å². The number of hydrogen-bond donors (Lipinski definition) is 2. The van der Waals surface area contributed by atoms with Crippen LogP contribution >= 0.6 is 11.8 Å². The van der Waals surface area contributed by atoms with Gasteiger partial charge in [0.15, 0.2) is 5.82 Å². The van der Waals surface area contributed by atoms with Crippen LogP contribution in [0.2, 0.25) is 0 Å². The SMILES string of the molecule is C[C@H](Sc1nnc(CCC2CCCCC2)n1N)C(=O)NC1CCCCCC1. The molecule has 3 rings (SSSR count). The van der Waals surface area contributed by atoms with E-state index in [1.807, 2.05) is 6.92 Å². The molecule has 1 heterocycles. The van der Waals surface area contributed by atoms with Crippen molar-refractivity contribution in [2.75, 3.05) is 5.84 Å². The number of aromatic nitrogens is 3. The maximum atomic E-state index is 12.5. The third-order valence-corrected chi connectivity index (χ3v) is 7.15. The lowest BCUT2D eigenvalue weighted by Gasteiger charge is -2.21. The molecular formula is C20H35N5OS. The van der Waals surface area contributed by atoms with Crippen LogP contribution in [0.15, 0.2) is 5.16 Å². The Morgan fingerprint density at radius 1 is 1.11 bits per heavy atom. The van der Waals surface area contributed by atoms with Gasteiger partial charge in [-0.2, -0.15) is 0 Å². The Labute approximate surface area is 167 Å². The predicted molar refractivity (Wildman–Crippen MR) is 110 cm³/mol. The van der Waals surface area contributed by atoms with Crippen LogP contribution in [0.5, 0.6) is 0 Å². The molecule has 2 saturated carbocycles. The Balaban J connectivity index is 1.47. The number of nitrogens with zero attached hydrogens (tertiary/aromatic N) is 3. The molecule has 0 bridgehead atoms. The molecule has 0 unspecified atom stereocenters. The molecule has 2 aliphatic carbocycles. The first-order valence-electron chi connectivity index (χ1n) is 10.8. The summed E-state index contributed by atoms with van der Waals surface area (Å²) in [6, 6.07) is 0.324. The number of thioether (sulfide) groups is 1. The zero-order valence-corrected chi connectivity index (χ0v) is 17.5. The van der Waals surface area contributed by atoms with Crippen molar-refractivity contribution in [3.8, 4) is 0 Å². The van der Waals surface area contributed by atoms with E-state index in [0.29, 0.717) is 11.2 Å². The van der Waals surface area contributed by atoms with Crippen molar-refractivity contribution in [2.45, 2.75) is 107 Å². The van der Waals surface area contributed by atoms with E-state index in [2.05, 4.69) is 15.5 Å². The first kappa shape index (κ1) is 20.5. The molecule has 0 saturated heterocycles. The van der Waals surface area contributed by atoms with E-state index in [1.54, 1.807) is 4.68 Å². The van der Waals surface area contributed by atoms with Crippen molar-refractivity contribution >= 4 is 17.7 Å². The smallest absolute Gasteiger partial charge is 0.233 e. The van der Waals surface area contributed by atoms with Crippen molar-refractivity contribution in [3.63, 3.8) is 0 Å². The quantitative estimate of drug-likeness (QED) is 0.418. The van der Waals surface area contributed by atoms with E-state index in [4.69, 9.17) is 5.84 Å². The highest BCUT2D eigenvalue weighted by atomic mass is 32.2. The molecule has 1 aromatic rings. The van der Waals surface area contributed by atoms with E-state index in [1.165, 1.54) is 69.5 Å². The number of amides is 1. The number of nitrogen functional groups attached to an aromatic ring is 1. The lowest BCUT2D eigenvalue weighted by atomic mass is 9.86. The normalized spacial score (nSPS) is 20.9. The topological polar surface area (TPSA) is 85.8 Å². The second-order valence-electron chi connectivity index (χ2n) is 8.27. The summed E-state index contributed by atoms with van der Waals surface area (Å²) < 4.78 is 1.59. The van der Waals surface area contributed by atoms with Crippen molar-refractivity contribution in [1.29, 1.82) is 0 Å². The number of rotatable bonds is 7. The standard InChI is InChI=1S/C20H35N5OS/c1-15(19(26)22-17-11-7-2-3-8-12-17)27-20-24-23-18(25(20)21)14-13-16-9-5-4-6-10-16/h15-17H,2-14,21H2,1H3,(H,22,26)/t15-/m0/s1. The molecule has 2 aliphatic rings. The summed E-state index contributed by atoms with van der Waals surface area (Å²) in [7, 11) is 0. The van der Waals surface area contributed by atoms with E-state index < -0.39 is 0 Å². The van der Waals surface area contributed by atoms with Gasteiger partial charge < -0.3 is 11.2 Å². The van der Waals surface area contributed by atoms with Crippen molar-refractivity contribution in [2.24, 2.45) is 5.92 Å². The van der Waals surface area contributed by atoms with Crippen LogP contribution in [-0.4, -0.2) is 32.1 Å². The Kier molecular flexibility index (Phi) is 7.85. The number of hydrogen-bond acceptors (Lipinski definition) is 5. The molecule has 1 atom stereocenters. The number of carbonyl (C=O) groups is 1. The van der Waals surface area contributed by atoms with Gasteiger partial charge in [0.1, 0.15) is 0 Å².